The molecule has 2 rings (SSSR count). The smallest absolute Gasteiger partial charge is 0.323 e. The summed E-state index contributed by atoms with van der Waals surface area (Å²) < 4.78 is 0. The number of ketones is 1. The maximum atomic E-state index is 13.5. The Hall–Kier alpha value is -2.12. The molecule has 9 heteroatoms. The molecule has 1 aromatic carbocycles. The maximum Gasteiger partial charge on any atom is 0.329 e. The van der Waals surface area contributed by atoms with Gasteiger partial charge in [0.25, 0.3) is 16.8 Å². The number of carbonyl (C=O) groups excluding carboxylic acids is 4. The van der Waals surface area contributed by atoms with Crippen LogP contribution < -0.4 is 5.32 Å². The average Bonchev–Trinajstić information content (AvgIpc) is 3.08. The molecule has 1 aromatic rings. The lowest BCUT2D eigenvalue weighted by atomic mass is 9.84. The van der Waals surface area contributed by atoms with Gasteiger partial charge in [-0.2, -0.15) is 0 Å². The molecule has 0 saturated carbocycles. The summed E-state index contributed by atoms with van der Waals surface area (Å²) in [7, 11) is 0. The van der Waals surface area contributed by atoms with Gasteiger partial charge in [0, 0.05) is 23.5 Å². The second-order valence-electron chi connectivity index (χ2n) is 9.10. The van der Waals surface area contributed by atoms with Crippen molar-refractivity contribution < 1.29 is 19.2 Å². The van der Waals surface area contributed by atoms with Crippen molar-refractivity contribution in [3.63, 3.8) is 0 Å². The summed E-state index contributed by atoms with van der Waals surface area (Å²) in [5.74, 6) is -2.42. The Bertz CT molecular complexity index is 878. The van der Waals surface area contributed by atoms with Crippen LogP contribution in [0.15, 0.2) is 30.3 Å². The van der Waals surface area contributed by atoms with Crippen molar-refractivity contribution in [2.45, 2.75) is 58.4 Å². The van der Waals surface area contributed by atoms with E-state index in [1.54, 1.807) is 30.3 Å². The highest BCUT2D eigenvalue weighted by molar-refractivity contribution is 6.50. The number of hydrogen-bond donors (Lipinski definition) is 1. The molecule has 0 bridgehead atoms. The number of amides is 4. The molecule has 1 aliphatic rings. The Morgan fingerprint density at radius 3 is 2.33 bits per heavy atom. The van der Waals surface area contributed by atoms with Crippen LogP contribution >= 0.6 is 23.2 Å². The second-order valence-corrected chi connectivity index (χ2v) is 9.91. The van der Waals surface area contributed by atoms with Crippen molar-refractivity contribution in [3.05, 3.63) is 30.3 Å². The summed E-state index contributed by atoms with van der Waals surface area (Å²) in [5.41, 5.74) is -0.885. The lowest BCUT2D eigenvalue weighted by Crippen LogP contribution is -2.63. The van der Waals surface area contributed by atoms with E-state index in [1.807, 2.05) is 6.92 Å². The van der Waals surface area contributed by atoms with Crippen LogP contribution in [0.1, 0.15) is 53.4 Å². The monoisotopic (exact) mass is 497 g/mol. The Labute approximate surface area is 205 Å². The van der Waals surface area contributed by atoms with Crippen LogP contribution in [0.3, 0.4) is 0 Å². The van der Waals surface area contributed by atoms with Crippen LogP contribution in [0.4, 0.5) is 10.5 Å². The van der Waals surface area contributed by atoms with Gasteiger partial charge in [0.15, 0.2) is 5.78 Å². The molecule has 0 aromatic heterocycles. The molecule has 0 spiro atoms. The minimum absolute atomic E-state index is 0.145. The molecule has 1 fully saturated rings. The van der Waals surface area contributed by atoms with E-state index in [1.165, 1.54) is 18.7 Å². The number of carbonyl (C=O) groups is 4. The maximum absolute atomic E-state index is 13.5. The molecule has 2 atom stereocenters. The zero-order chi connectivity index (χ0) is 24.8. The van der Waals surface area contributed by atoms with Gasteiger partial charge in [0.05, 0.1) is 0 Å². The summed E-state index contributed by atoms with van der Waals surface area (Å²) in [6.45, 7) is 7.30. The lowest BCUT2D eigenvalue weighted by Gasteiger charge is -2.36. The van der Waals surface area contributed by atoms with Crippen molar-refractivity contribution in [1.29, 1.82) is 0 Å². The summed E-state index contributed by atoms with van der Waals surface area (Å²) >= 11 is 12.7. The predicted molar refractivity (Wildman–Crippen MR) is 130 cm³/mol. The molecule has 33 heavy (non-hydrogen) atoms. The minimum Gasteiger partial charge on any atom is -0.323 e. The topological polar surface area (TPSA) is 86.8 Å². The zero-order valence-corrected chi connectivity index (χ0v) is 21.2. The fourth-order valence-corrected chi connectivity index (χ4v) is 4.37. The molecule has 1 aliphatic heterocycles. The number of imide groups is 1. The van der Waals surface area contributed by atoms with Gasteiger partial charge in [0.2, 0.25) is 0 Å². The molecule has 7 nitrogen and oxygen atoms in total. The van der Waals surface area contributed by atoms with E-state index in [9.17, 15) is 19.2 Å². The lowest BCUT2D eigenvalue weighted by molar-refractivity contribution is -0.145. The molecule has 1 saturated heterocycles. The third kappa shape index (κ3) is 5.87. The highest BCUT2D eigenvalue weighted by atomic mass is 35.5. The molecular formula is C24H33Cl2N3O4. The zero-order valence-electron chi connectivity index (χ0n) is 19.7. The summed E-state index contributed by atoms with van der Waals surface area (Å²) in [6.07, 6.45) is 3.81. The number of rotatable bonds is 12. The molecule has 1 heterocycles. The highest BCUT2D eigenvalue weighted by Gasteiger charge is 2.61. The van der Waals surface area contributed by atoms with E-state index in [-0.39, 0.29) is 18.3 Å². The van der Waals surface area contributed by atoms with Crippen LogP contribution in [0.2, 0.25) is 0 Å². The second kappa shape index (κ2) is 11.3. The van der Waals surface area contributed by atoms with Crippen LogP contribution in [0.5, 0.6) is 0 Å². The predicted octanol–water partition coefficient (Wildman–Crippen LogP) is 4.87. The van der Waals surface area contributed by atoms with Gasteiger partial charge >= 0.3 is 6.03 Å². The molecule has 182 valence electrons. The molecular weight excluding hydrogens is 465 g/mol. The van der Waals surface area contributed by atoms with Gasteiger partial charge in [-0.1, -0.05) is 76.8 Å². The summed E-state index contributed by atoms with van der Waals surface area (Å²) in [5, 5.41) is 2.57. The quantitative estimate of drug-likeness (QED) is 0.193. The number of urea groups is 1. The Morgan fingerprint density at radius 1 is 1.15 bits per heavy atom. The Balaban J connectivity index is 2.41. The molecule has 0 aliphatic carbocycles. The van der Waals surface area contributed by atoms with Crippen LogP contribution in [0.25, 0.3) is 0 Å². The van der Waals surface area contributed by atoms with Gasteiger partial charge in [-0.15, -0.1) is 11.6 Å². The van der Waals surface area contributed by atoms with Crippen LogP contribution in [-0.4, -0.2) is 57.4 Å². The first-order valence-electron chi connectivity index (χ1n) is 11.3. The van der Waals surface area contributed by atoms with Crippen molar-refractivity contribution >= 4 is 52.5 Å². The van der Waals surface area contributed by atoms with Crippen molar-refractivity contribution in [3.8, 4) is 0 Å². The van der Waals surface area contributed by atoms with Gasteiger partial charge in [-0.3, -0.25) is 14.4 Å². The van der Waals surface area contributed by atoms with E-state index in [0.29, 0.717) is 17.1 Å². The summed E-state index contributed by atoms with van der Waals surface area (Å²) in [4.78, 5) is 52.7. The van der Waals surface area contributed by atoms with Gasteiger partial charge in [-0.05, 0) is 24.5 Å². The number of benzene rings is 1. The summed E-state index contributed by atoms with van der Waals surface area (Å²) in [6, 6.07) is 7.65. The van der Waals surface area contributed by atoms with Crippen LogP contribution in [-0.2, 0) is 14.4 Å². The Morgan fingerprint density at radius 2 is 1.79 bits per heavy atom. The number of hydrogen-bond acceptors (Lipinski definition) is 4. The Kier molecular flexibility index (Phi) is 9.32. The molecule has 4 amide bonds. The molecule has 2 unspecified atom stereocenters. The number of nitrogens with zero attached hydrogens (tertiary/aromatic N) is 2. The first-order valence-corrected chi connectivity index (χ1v) is 12.2. The standard InChI is InChI=1S/C24H33Cl2N3O4/c1-5-7-11-17(6-2)14-28-15-19(30)29(22(28)33)24(26,20(31)23(3,4)16-25)21(32)27-18-12-9-8-10-13-18/h8-10,12-13,17H,5-7,11,14-16H2,1-4H3,(H,27,32). The normalized spacial score (nSPS) is 17.2. The minimum atomic E-state index is -2.57. The van der Waals surface area contributed by atoms with Gasteiger partial charge < -0.3 is 10.2 Å². The molecule has 0 radical (unpaired) electrons. The number of para-hydroxylation sites is 1. The third-order valence-corrected chi connectivity index (χ3v) is 7.13. The van der Waals surface area contributed by atoms with E-state index >= 15 is 0 Å². The third-order valence-electron chi connectivity index (χ3n) is 5.95. The van der Waals surface area contributed by atoms with Gasteiger partial charge in [0.1, 0.15) is 6.54 Å². The first-order chi connectivity index (χ1) is 15.5. The van der Waals surface area contributed by atoms with Crippen molar-refractivity contribution in [2.75, 3.05) is 24.3 Å². The number of unbranched alkanes of at least 4 members (excludes halogenated alkanes) is 1. The van der Waals surface area contributed by atoms with Gasteiger partial charge in [-0.25, -0.2) is 9.69 Å². The van der Waals surface area contributed by atoms with E-state index in [4.69, 9.17) is 23.2 Å². The van der Waals surface area contributed by atoms with E-state index in [2.05, 4.69) is 12.2 Å². The van der Waals surface area contributed by atoms with E-state index in [0.717, 1.165) is 25.7 Å². The molecule has 1 N–H and O–H groups in total. The largest absolute Gasteiger partial charge is 0.329 e. The number of alkyl halides is 2. The fraction of sp³-hybridized carbons (Fsp3) is 0.583. The average molecular weight is 498 g/mol. The number of nitrogens with one attached hydrogen (secondary N) is 1. The first kappa shape index (κ1) is 27.1. The number of halogens is 2. The SMILES string of the molecule is CCCCC(CC)CN1CC(=O)N(C(Cl)(C(=O)Nc2ccccc2)C(=O)C(C)(C)CCl)C1=O. The van der Waals surface area contributed by atoms with Crippen molar-refractivity contribution in [1.82, 2.24) is 9.80 Å². The van der Waals surface area contributed by atoms with E-state index < -0.39 is 34.0 Å². The van der Waals surface area contributed by atoms with Crippen molar-refractivity contribution in [2.24, 2.45) is 11.3 Å². The number of anilines is 1. The fourth-order valence-electron chi connectivity index (χ4n) is 3.78. The van der Waals surface area contributed by atoms with Crippen LogP contribution in [0, 0.1) is 11.3 Å². The highest BCUT2D eigenvalue weighted by Crippen LogP contribution is 2.37. The number of Topliss-reactive ketones (excluding diaryl/α,β-unsaturated/α-hetero) is 1.